The SMILES string of the molecule is CC(N)CC(=O)NC(C)c1nc2ccccc2[nH]1.Cl.Cl. The Bertz CT molecular complexity index is 523. The molecule has 0 saturated carbocycles. The van der Waals surface area contributed by atoms with Crippen molar-refractivity contribution in [3.8, 4) is 0 Å². The summed E-state index contributed by atoms with van der Waals surface area (Å²) in [4.78, 5) is 19.3. The lowest BCUT2D eigenvalue weighted by Crippen LogP contribution is -2.32. The summed E-state index contributed by atoms with van der Waals surface area (Å²) in [6.45, 7) is 3.71. The van der Waals surface area contributed by atoms with Crippen molar-refractivity contribution in [2.24, 2.45) is 5.73 Å². The summed E-state index contributed by atoms with van der Waals surface area (Å²) >= 11 is 0. The van der Waals surface area contributed by atoms with E-state index in [4.69, 9.17) is 5.73 Å². The molecule has 1 aromatic heterocycles. The molecule has 1 amide bonds. The molecular weight excluding hydrogens is 299 g/mol. The van der Waals surface area contributed by atoms with Crippen LogP contribution in [0.25, 0.3) is 11.0 Å². The van der Waals surface area contributed by atoms with Crippen LogP contribution in [0.3, 0.4) is 0 Å². The molecule has 1 heterocycles. The van der Waals surface area contributed by atoms with Crippen molar-refractivity contribution in [3.05, 3.63) is 30.1 Å². The van der Waals surface area contributed by atoms with Crippen LogP contribution in [-0.2, 0) is 4.79 Å². The van der Waals surface area contributed by atoms with Crippen molar-refractivity contribution in [2.45, 2.75) is 32.4 Å². The van der Waals surface area contributed by atoms with Gasteiger partial charge in [0.05, 0.1) is 17.1 Å². The molecule has 0 saturated heterocycles. The van der Waals surface area contributed by atoms with Gasteiger partial charge in [-0.25, -0.2) is 4.98 Å². The molecule has 2 rings (SSSR count). The van der Waals surface area contributed by atoms with E-state index in [-0.39, 0.29) is 42.8 Å². The Morgan fingerprint density at radius 1 is 1.35 bits per heavy atom. The number of rotatable bonds is 4. The Hall–Kier alpha value is -1.30. The minimum absolute atomic E-state index is 0. The minimum Gasteiger partial charge on any atom is -0.346 e. The summed E-state index contributed by atoms with van der Waals surface area (Å²) in [6.07, 6.45) is 0.324. The van der Waals surface area contributed by atoms with Crippen LogP contribution in [0, 0.1) is 0 Å². The maximum Gasteiger partial charge on any atom is 0.222 e. The number of para-hydroxylation sites is 2. The number of amides is 1. The summed E-state index contributed by atoms with van der Waals surface area (Å²) in [6, 6.07) is 7.50. The van der Waals surface area contributed by atoms with Gasteiger partial charge in [0, 0.05) is 12.5 Å². The van der Waals surface area contributed by atoms with Gasteiger partial charge in [0.25, 0.3) is 0 Å². The predicted octanol–water partition coefficient (Wildman–Crippen LogP) is 2.32. The number of halogens is 2. The highest BCUT2D eigenvalue weighted by atomic mass is 35.5. The average Bonchev–Trinajstić information content (AvgIpc) is 2.71. The van der Waals surface area contributed by atoms with Gasteiger partial charge >= 0.3 is 0 Å². The fraction of sp³-hybridized carbons (Fsp3) is 0.385. The Morgan fingerprint density at radius 3 is 2.60 bits per heavy atom. The third-order valence-electron chi connectivity index (χ3n) is 2.70. The van der Waals surface area contributed by atoms with E-state index in [1.807, 2.05) is 38.1 Å². The van der Waals surface area contributed by atoms with Gasteiger partial charge in [0.15, 0.2) is 0 Å². The van der Waals surface area contributed by atoms with Crippen LogP contribution in [0.15, 0.2) is 24.3 Å². The van der Waals surface area contributed by atoms with Crippen LogP contribution in [0.1, 0.15) is 32.1 Å². The summed E-state index contributed by atoms with van der Waals surface area (Å²) in [7, 11) is 0. The second kappa shape index (κ2) is 8.09. The zero-order chi connectivity index (χ0) is 13.1. The Labute approximate surface area is 130 Å². The summed E-state index contributed by atoms with van der Waals surface area (Å²) < 4.78 is 0. The number of nitrogens with two attached hydrogens (primary N) is 1. The normalized spacial score (nSPS) is 12.9. The smallest absolute Gasteiger partial charge is 0.222 e. The quantitative estimate of drug-likeness (QED) is 0.808. The number of aromatic amines is 1. The van der Waals surface area contributed by atoms with Gasteiger partial charge in [-0.1, -0.05) is 12.1 Å². The third kappa shape index (κ3) is 4.67. The minimum atomic E-state index is -0.149. The molecule has 0 radical (unpaired) electrons. The van der Waals surface area contributed by atoms with E-state index in [0.29, 0.717) is 6.42 Å². The fourth-order valence-electron chi connectivity index (χ4n) is 1.84. The zero-order valence-electron chi connectivity index (χ0n) is 11.4. The van der Waals surface area contributed by atoms with E-state index in [1.165, 1.54) is 0 Å². The number of aromatic nitrogens is 2. The standard InChI is InChI=1S/C13H18N4O.2ClH/c1-8(14)7-12(18)15-9(2)13-16-10-5-3-4-6-11(10)17-13;;/h3-6,8-9H,7,14H2,1-2H3,(H,15,18)(H,16,17);2*1H. The highest BCUT2D eigenvalue weighted by molar-refractivity contribution is 5.85. The summed E-state index contributed by atoms with van der Waals surface area (Å²) in [5, 5.41) is 2.88. The van der Waals surface area contributed by atoms with Crippen LogP contribution in [0.2, 0.25) is 0 Å². The molecule has 2 aromatic rings. The monoisotopic (exact) mass is 318 g/mol. The van der Waals surface area contributed by atoms with Crippen molar-refractivity contribution in [1.29, 1.82) is 0 Å². The van der Waals surface area contributed by atoms with Gasteiger partial charge < -0.3 is 16.0 Å². The third-order valence-corrected chi connectivity index (χ3v) is 2.70. The second-order valence-electron chi connectivity index (χ2n) is 4.61. The van der Waals surface area contributed by atoms with E-state index in [9.17, 15) is 4.79 Å². The number of H-pyrrole nitrogens is 1. The number of nitrogens with zero attached hydrogens (tertiary/aromatic N) is 1. The largest absolute Gasteiger partial charge is 0.346 e. The zero-order valence-corrected chi connectivity index (χ0v) is 13.1. The van der Waals surface area contributed by atoms with Crippen LogP contribution >= 0.6 is 24.8 Å². The number of carbonyl (C=O) groups is 1. The number of benzene rings is 1. The van der Waals surface area contributed by atoms with Gasteiger partial charge in [0.1, 0.15) is 5.82 Å². The first kappa shape index (κ1) is 18.7. The lowest BCUT2D eigenvalue weighted by atomic mass is 10.2. The Morgan fingerprint density at radius 2 is 2.00 bits per heavy atom. The lowest BCUT2D eigenvalue weighted by Gasteiger charge is -2.12. The van der Waals surface area contributed by atoms with E-state index in [1.54, 1.807) is 0 Å². The van der Waals surface area contributed by atoms with E-state index in [2.05, 4.69) is 15.3 Å². The van der Waals surface area contributed by atoms with E-state index >= 15 is 0 Å². The number of imidazole rings is 1. The van der Waals surface area contributed by atoms with Gasteiger partial charge in [-0.3, -0.25) is 4.79 Å². The Balaban J connectivity index is 0.00000180. The first-order chi connectivity index (χ1) is 8.56. The summed E-state index contributed by atoms with van der Waals surface area (Å²) in [5.74, 6) is 0.701. The molecule has 4 N–H and O–H groups in total. The molecule has 7 heteroatoms. The van der Waals surface area contributed by atoms with Crippen LogP contribution in [-0.4, -0.2) is 21.9 Å². The van der Waals surface area contributed by atoms with E-state index in [0.717, 1.165) is 16.9 Å². The van der Waals surface area contributed by atoms with Gasteiger partial charge in [-0.15, -0.1) is 24.8 Å². The van der Waals surface area contributed by atoms with Crippen molar-refractivity contribution >= 4 is 41.8 Å². The van der Waals surface area contributed by atoms with E-state index < -0.39 is 0 Å². The van der Waals surface area contributed by atoms with Gasteiger partial charge in [0.2, 0.25) is 5.91 Å². The van der Waals surface area contributed by atoms with Gasteiger partial charge in [-0.2, -0.15) is 0 Å². The average molecular weight is 319 g/mol. The molecular formula is C13H20Cl2N4O. The molecule has 112 valence electrons. The van der Waals surface area contributed by atoms with Crippen molar-refractivity contribution in [1.82, 2.24) is 15.3 Å². The highest BCUT2D eigenvalue weighted by Crippen LogP contribution is 2.15. The summed E-state index contributed by atoms with van der Waals surface area (Å²) in [5.41, 5.74) is 7.46. The first-order valence-corrected chi connectivity index (χ1v) is 6.06. The molecule has 5 nitrogen and oxygen atoms in total. The number of carbonyl (C=O) groups excluding carboxylic acids is 1. The fourth-order valence-corrected chi connectivity index (χ4v) is 1.84. The predicted molar refractivity (Wildman–Crippen MR) is 85.4 cm³/mol. The maximum atomic E-state index is 11.6. The molecule has 2 atom stereocenters. The molecule has 0 aliphatic rings. The second-order valence-corrected chi connectivity index (χ2v) is 4.61. The van der Waals surface area contributed by atoms with Crippen LogP contribution in [0.5, 0.6) is 0 Å². The van der Waals surface area contributed by atoms with Crippen molar-refractivity contribution in [2.75, 3.05) is 0 Å². The van der Waals surface area contributed by atoms with Crippen molar-refractivity contribution in [3.63, 3.8) is 0 Å². The number of hydrogen-bond acceptors (Lipinski definition) is 3. The molecule has 0 aliphatic heterocycles. The van der Waals surface area contributed by atoms with Crippen LogP contribution < -0.4 is 11.1 Å². The molecule has 0 spiro atoms. The number of hydrogen-bond donors (Lipinski definition) is 3. The highest BCUT2D eigenvalue weighted by Gasteiger charge is 2.14. The number of fused-ring (bicyclic) bond motifs is 1. The van der Waals surface area contributed by atoms with Crippen LogP contribution in [0.4, 0.5) is 0 Å². The molecule has 2 unspecified atom stereocenters. The lowest BCUT2D eigenvalue weighted by molar-refractivity contribution is -0.122. The van der Waals surface area contributed by atoms with Crippen molar-refractivity contribution < 1.29 is 4.79 Å². The number of nitrogens with one attached hydrogen (secondary N) is 2. The molecule has 1 aromatic carbocycles. The topological polar surface area (TPSA) is 83.8 Å². The Kier molecular flexibility index (Phi) is 7.57. The molecule has 0 fully saturated rings. The molecule has 20 heavy (non-hydrogen) atoms. The maximum absolute atomic E-state index is 11.6. The molecule has 0 aliphatic carbocycles. The first-order valence-electron chi connectivity index (χ1n) is 6.06. The molecule has 0 bridgehead atoms. The van der Waals surface area contributed by atoms with Gasteiger partial charge in [-0.05, 0) is 26.0 Å².